The normalized spacial score (nSPS) is 18.0. The Bertz CT molecular complexity index is 886. The van der Waals surface area contributed by atoms with Gasteiger partial charge in [-0.1, -0.05) is 6.07 Å². The van der Waals surface area contributed by atoms with Gasteiger partial charge in [0.15, 0.2) is 10.4 Å². The Hall–Kier alpha value is -2.16. The van der Waals surface area contributed by atoms with E-state index in [1.54, 1.807) is 36.4 Å². The van der Waals surface area contributed by atoms with E-state index in [2.05, 4.69) is 31.0 Å². The SMILES string of the molecule is O=C(Nc1cccc(C(=O)N2CCN(CCN3CCCC3)CC2)c1)c1ccc(Br)o1. The highest BCUT2D eigenvalue weighted by Crippen LogP contribution is 2.18. The second-order valence-electron chi connectivity index (χ2n) is 7.82. The van der Waals surface area contributed by atoms with E-state index in [-0.39, 0.29) is 17.6 Å². The number of carbonyl (C=O) groups excluding carboxylic acids is 2. The van der Waals surface area contributed by atoms with Gasteiger partial charge in [0.05, 0.1) is 0 Å². The molecule has 0 spiro atoms. The maximum atomic E-state index is 12.9. The van der Waals surface area contributed by atoms with Crippen LogP contribution in [0.3, 0.4) is 0 Å². The molecule has 30 heavy (non-hydrogen) atoms. The van der Waals surface area contributed by atoms with Crippen LogP contribution in [0.4, 0.5) is 5.69 Å². The Labute approximate surface area is 185 Å². The molecule has 1 aromatic carbocycles. The summed E-state index contributed by atoms with van der Waals surface area (Å²) in [6, 6.07) is 10.3. The van der Waals surface area contributed by atoms with Gasteiger partial charge in [0.1, 0.15) is 0 Å². The smallest absolute Gasteiger partial charge is 0.291 e. The van der Waals surface area contributed by atoms with Crippen molar-refractivity contribution in [2.24, 2.45) is 0 Å². The minimum atomic E-state index is -0.350. The highest BCUT2D eigenvalue weighted by Gasteiger charge is 2.23. The van der Waals surface area contributed by atoms with Crippen LogP contribution >= 0.6 is 15.9 Å². The van der Waals surface area contributed by atoms with E-state index >= 15 is 0 Å². The van der Waals surface area contributed by atoms with Crippen LogP contribution in [0, 0.1) is 0 Å². The van der Waals surface area contributed by atoms with Gasteiger partial charge in [0, 0.05) is 50.5 Å². The number of furan rings is 1. The molecule has 2 amide bonds. The summed E-state index contributed by atoms with van der Waals surface area (Å²) in [6.07, 6.45) is 2.64. The fraction of sp³-hybridized carbons (Fsp3) is 0.455. The molecule has 2 aliphatic rings. The zero-order chi connectivity index (χ0) is 20.9. The lowest BCUT2D eigenvalue weighted by molar-refractivity contribution is 0.0626. The number of hydrogen-bond acceptors (Lipinski definition) is 5. The third-order valence-electron chi connectivity index (χ3n) is 5.76. The first-order valence-corrected chi connectivity index (χ1v) is 11.3. The molecule has 0 unspecified atom stereocenters. The first-order valence-electron chi connectivity index (χ1n) is 10.5. The summed E-state index contributed by atoms with van der Waals surface area (Å²) in [5.41, 5.74) is 1.15. The number of hydrogen-bond donors (Lipinski definition) is 1. The van der Waals surface area contributed by atoms with E-state index in [9.17, 15) is 9.59 Å². The average molecular weight is 475 g/mol. The average Bonchev–Trinajstić information content (AvgIpc) is 3.44. The monoisotopic (exact) mass is 474 g/mol. The Morgan fingerprint density at radius 1 is 0.933 bits per heavy atom. The third kappa shape index (κ3) is 5.30. The molecule has 0 radical (unpaired) electrons. The number of piperazine rings is 1. The van der Waals surface area contributed by atoms with Gasteiger partial charge in [-0.3, -0.25) is 14.5 Å². The summed E-state index contributed by atoms with van der Waals surface area (Å²) in [4.78, 5) is 32.1. The van der Waals surface area contributed by atoms with Crippen LogP contribution in [0.1, 0.15) is 33.8 Å². The van der Waals surface area contributed by atoms with E-state index in [1.165, 1.54) is 25.9 Å². The van der Waals surface area contributed by atoms with Crippen molar-refractivity contribution in [2.45, 2.75) is 12.8 Å². The summed E-state index contributed by atoms with van der Waals surface area (Å²) in [7, 11) is 0. The van der Waals surface area contributed by atoms with Crippen molar-refractivity contribution in [1.82, 2.24) is 14.7 Å². The zero-order valence-electron chi connectivity index (χ0n) is 17.0. The standard InChI is InChI=1S/C22H27BrN4O3/c23-20-7-6-19(30-20)21(28)24-18-5-3-4-17(16-18)22(29)27-14-12-26(13-15-27)11-10-25-8-1-2-9-25/h3-7,16H,1-2,8-15H2,(H,24,28). The van der Waals surface area contributed by atoms with Crippen molar-refractivity contribution < 1.29 is 14.0 Å². The predicted octanol–water partition coefficient (Wildman–Crippen LogP) is 3.15. The van der Waals surface area contributed by atoms with Gasteiger partial charge in [0.2, 0.25) is 0 Å². The number of nitrogens with zero attached hydrogens (tertiary/aromatic N) is 3. The van der Waals surface area contributed by atoms with E-state index in [1.807, 2.05) is 4.90 Å². The lowest BCUT2D eigenvalue weighted by atomic mass is 10.1. The number of amides is 2. The molecule has 160 valence electrons. The van der Waals surface area contributed by atoms with Crippen LogP contribution in [0.2, 0.25) is 0 Å². The maximum absolute atomic E-state index is 12.9. The molecule has 0 bridgehead atoms. The lowest BCUT2D eigenvalue weighted by Crippen LogP contribution is -2.50. The summed E-state index contributed by atoms with van der Waals surface area (Å²) < 4.78 is 5.77. The van der Waals surface area contributed by atoms with Gasteiger partial charge < -0.3 is 19.5 Å². The van der Waals surface area contributed by atoms with Gasteiger partial charge in [-0.15, -0.1) is 0 Å². The van der Waals surface area contributed by atoms with E-state index in [0.717, 1.165) is 39.3 Å². The highest BCUT2D eigenvalue weighted by atomic mass is 79.9. The number of rotatable bonds is 6. The molecular weight excluding hydrogens is 448 g/mol. The summed E-state index contributed by atoms with van der Waals surface area (Å²) in [5.74, 6) is -0.133. The van der Waals surface area contributed by atoms with Crippen LogP contribution in [0.15, 0.2) is 45.5 Å². The third-order valence-corrected chi connectivity index (χ3v) is 6.18. The Morgan fingerprint density at radius 3 is 2.30 bits per heavy atom. The predicted molar refractivity (Wildman–Crippen MR) is 119 cm³/mol. The molecule has 2 aliphatic heterocycles. The second-order valence-corrected chi connectivity index (χ2v) is 8.60. The van der Waals surface area contributed by atoms with Crippen LogP contribution in [-0.2, 0) is 0 Å². The fourth-order valence-electron chi connectivity index (χ4n) is 4.01. The fourth-order valence-corrected chi connectivity index (χ4v) is 4.31. The van der Waals surface area contributed by atoms with Crippen molar-refractivity contribution in [2.75, 3.05) is 57.7 Å². The minimum absolute atomic E-state index is 0.00559. The van der Waals surface area contributed by atoms with E-state index in [4.69, 9.17) is 4.42 Å². The number of halogens is 1. The molecule has 4 rings (SSSR count). The topological polar surface area (TPSA) is 69.0 Å². The lowest BCUT2D eigenvalue weighted by Gasteiger charge is -2.35. The number of nitrogens with one attached hydrogen (secondary N) is 1. The molecule has 0 atom stereocenters. The van der Waals surface area contributed by atoms with Crippen LogP contribution in [0.25, 0.3) is 0 Å². The molecule has 2 aromatic rings. The van der Waals surface area contributed by atoms with Crippen LogP contribution in [-0.4, -0.2) is 78.9 Å². The number of benzene rings is 1. The van der Waals surface area contributed by atoms with Gasteiger partial charge in [-0.05, 0) is 72.2 Å². The number of carbonyl (C=O) groups is 2. The van der Waals surface area contributed by atoms with Gasteiger partial charge in [-0.25, -0.2) is 0 Å². The Kier molecular flexibility index (Phi) is 6.86. The Morgan fingerprint density at radius 2 is 1.63 bits per heavy atom. The first-order chi connectivity index (χ1) is 14.6. The molecule has 0 aliphatic carbocycles. The van der Waals surface area contributed by atoms with E-state index in [0.29, 0.717) is 15.9 Å². The summed E-state index contributed by atoms with van der Waals surface area (Å²) >= 11 is 3.19. The summed E-state index contributed by atoms with van der Waals surface area (Å²) in [6.45, 7) is 7.93. The molecule has 2 fully saturated rings. The molecular formula is C22H27BrN4O3. The quantitative estimate of drug-likeness (QED) is 0.696. The molecule has 1 N–H and O–H groups in total. The molecule has 0 saturated carbocycles. The minimum Gasteiger partial charge on any atom is -0.444 e. The highest BCUT2D eigenvalue weighted by molar-refractivity contribution is 9.10. The van der Waals surface area contributed by atoms with Crippen LogP contribution in [0.5, 0.6) is 0 Å². The van der Waals surface area contributed by atoms with Crippen molar-refractivity contribution in [3.63, 3.8) is 0 Å². The van der Waals surface area contributed by atoms with E-state index < -0.39 is 0 Å². The van der Waals surface area contributed by atoms with Crippen molar-refractivity contribution in [3.05, 3.63) is 52.4 Å². The van der Waals surface area contributed by atoms with Gasteiger partial charge >= 0.3 is 0 Å². The molecule has 7 nitrogen and oxygen atoms in total. The van der Waals surface area contributed by atoms with Crippen LogP contribution < -0.4 is 5.32 Å². The molecule has 1 aromatic heterocycles. The molecule has 8 heteroatoms. The van der Waals surface area contributed by atoms with Crippen molar-refractivity contribution in [3.8, 4) is 0 Å². The first kappa shape index (κ1) is 21.1. The zero-order valence-corrected chi connectivity index (χ0v) is 18.6. The maximum Gasteiger partial charge on any atom is 0.291 e. The Balaban J connectivity index is 1.29. The summed E-state index contributed by atoms with van der Waals surface area (Å²) in [5, 5.41) is 2.78. The molecule has 2 saturated heterocycles. The van der Waals surface area contributed by atoms with Crippen molar-refractivity contribution in [1.29, 1.82) is 0 Å². The second kappa shape index (κ2) is 9.76. The van der Waals surface area contributed by atoms with Crippen molar-refractivity contribution >= 4 is 33.4 Å². The number of likely N-dealkylation sites (tertiary alicyclic amines) is 1. The molecule has 3 heterocycles. The number of anilines is 1. The van der Waals surface area contributed by atoms with Gasteiger partial charge in [0.25, 0.3) is 11.8 Å². The largest absolute Gasteiger partial charge is 0.444 e. The van der Waals surface area contributed by atoms with Gasteiger partial charge in [-0.2, -0.15) is 0 Å².